The van der Waals surface area contributed by atoms with E-state index in [9.17, 15) is 0 Å². The maximum atomic E-state index is 5.68. The molecule has 0 atom stereocenters. The Morgan fingerprint density at radius 3 is 2.13 bits per heavy atom. The highest BCUT2D eigenvalue weighted by Gasteiger charge is 2.00. The Bertz CT molecular complexity index is 429. The SMILES string of the molecule is Nc1ccccc1OOc1ccccc1. The standard InChI is InChI=1S/C12H11NO2/c13-11-8-4-5-9-12(11)15-14-10-6-2-1-3-7-10/h1-9H,13H2. The maximum absolute atomic E-state index is 5.68. The molecule has 0 spiro atoms. The first-order valence-electron chi connectivity index (χ1n) is 4.60. The highest BCUT2D eigenvalue weighted by Crippen LogP contribution is 2.21. The molecular formula is C12H11NO2. The van der Waals surface area contributed by atoms with Gasteiger partial charge in [0.1, 0.15) is 0 Å². The van der Waals surface area contributed by atoms with Crippen LogP contribution in [0, 0.1) is 0 Å². The van der Waals surface area contributed by atoms with E-state index in [-0.39, 0.29) is 0 Å². The van der Waals surface area contributed by atoms with Crippen molar-refractivity contribution in [2.45, 2.75) is 0 Å². The van der Waals surface area contributed by atoms with E-state index in [2.05, 4.69) is 0 Å². The van der Waals surface area contributed by atoms with Gasteiger partial charge in [-0.05, 0) is 24.3 Å². The Labute approximate surface area is 88.0 Å². The Morgan fingerprint density at radius 1 is 0.733 bits per heavy atom. The van der Waals surface area contributed by atoms with Gasteiger partial charge in [0.2, 0.25) is 5.75 Å². The zero-order chi connectivity index (χ0) is 10.5. The summed E-state index contributed by atoms with van der Waals surface area (Å²) >= 11 is 0. The molecule has 2 aromatic carbocycles. The van der Waals surface area contributed by atoms with Gasteiger partial charge in [-0.15, -0.1) is 0 Å². The lowest BCUT2D eigenvalue weighted by Crippen LogP contribution is -2.02. The molecule has 15 heavy (non-hydrogen) atoms. The summed E-state index contributed by atoms with van der Waals surface area (Å²) in [5.74, 6) is 1.15. The van der Waals surface area contributed by atoms with Gasteiger partial charge in [0.25, 0.3) is 0 Å². The Morgan fingerprint density at radius 2 is 1.40 bits per heavy atom. The van der Waals surface area contributed by atoms with Crippen LogP contribution in [0.2, 0.25) is 0 Å². The van der Waals surface area contributed by atoms with Crippen molar-refractivity contribution >= 4 is 5.69 Å². The van der Waals surface area contributed by atoms with Crippen molar-refractivity contribution in [3.8, 4) is 11.5 Å². The van der Waals surface area contributed by atoms with Crippen molar-refractivity contribution in [2.75, 3.05) is 5.73 Å². The number of benzene rings is 2. The molecule has 0 amide bonds. The van der Waals surface area contributed by atoms with Crippen LogP contribution < -0.4 is 15.5 Å². The average molecular weight is 201 g/mol. The Hall–Kier alpha value is -2.16. The fourth-order valence-corrected chi connectivity index (χ4v) is 1.13. The molecule has 0 bridgehead atoms. The quantitative estimate of drug-likeness (QED) is 0.471. The molecule has 0 aliphatic carbocycles. The highest BCUT2D eigenvalue weighted by molar-refractivity contribution is 5.51. The number of anilines is 1. The fourth-order valence-electron chi connectivity index (χ4n) is 1.13. The molecule has 0 radical (unpaired) electrons. The normalized spacial score (nSPS) is 9.60. The largest absolute Gasteiger partial charge is 0.396 e. The summed E-state index contributed by atoms with van der Waals surface area (Å²) in [6, 6.07) is 16.4. The third kappa shape index (κ3) is 2.40. The summed E-state index contributed by atoms with van der Waals surface area (Å²) in [6.45, 7) is 0. The molecule has 3 nitrogen and oxygen atoms in total. The predicted octanol–water partition coefficient (Wildman–Crippen LogP) is 2.64. The van der Waals surface area contributed by atoms with Gasteiger partial charge in [0, 0.05) is 0 Å². The van der Waals surface area contributed by atoms with Gasteiger partial charge in [0.05, 0.1) is 5.69 Å². The summed E-state index contributed by atoms with van der Waals surface area (Å²) < 4.78 is 0. The number of nitrogens with two attached hydrogens (primary N) is 1. The summed E-state index contributed by atoms with van der Waals surface area (Å²) in [6.07, 6.45) is 0. The van der Waals surface area contributed by atoms with Gasteiger partial charge >= 0.3 is 0 Å². The summed E-state index contributed by atoms with van der Waals surface area (Å²) in [5, 5.41) is 0. The van der Waals surface area contributed by atoms with Gasteiger partial charge < -0.3 is 5.73 Å². The zero-order valence-electron chi connectivity index (χ0n) is 8.09. The maximum Gasteiger partial charge on any atom is 0.201 e. The second kappa shape index (κ2) is 4.37. The second-order valence-electron chi connectivity index (χ2n) is 3.02. The molecule has 0 fully saturated rings. The van der Waals surface area contributed by atoms with Crippen molar-refractivity contribution in [1.82, 2.24) is 0 Å². The van der Waals surface area contributed by atoms with E-state index >= 15 is 0 Å². The monoisotopic (exact) mass is 201 g/mol. The topological polar surface area (TPSA) is 44.5 Å². The summed E-state index contributed by atoms with van der Waals surface area (Å²) in [5.41, 5.74) is 6.23. The molecule has 0 aliphatic rings. The van der Waals surface area contributed by atoms with Gasteiger partial charge in [-0.1, -0.05) is 30.3 Å². The van der Waals surface area contributed by atoms with Crippen LogP contribution in [0.1, 0.15) is 0 Å². The molecule has 0 aliphatic heterocycles. The number of nitrogen functional groups attached to an aromatic ring is 1. The van der Waals surface area contributed by atoms with Crippen LogP contribution in [0.25, 0.3) is 0 Å². The van der Waals surface area contributed by atoms with Gasteiger partial charge in [0.15, 0.2) is 5.75 Å². The van der Waals surface area contributed by atoms with Crippen molar-refractivity contribution in [3.63, 3.8) is 0 Å². The highest BCUT2D eigenvalue weighted by atomic mass is 17.2. The number of rotatable bonds is 3. The fraction of sp³-hybridized carbons (Fsp3) is 0. The lowest BCUT2D eigenvalue weighted by Gasteiger charge is -2.06. The van der Waals surface area contributed by atoms with Gasteiger partial charge in [-0.25, -0.2) is 0 Å². The molecule has 2 N–H and O–H groups in total. The third-order valence-electron chi connectivity index (χ3n) is 1.89. The van der Waals surface area contributed by atoms with Crippen LogP contribution in [0.5, 0.6) is 11.5 Å². The van der Waals surface area contributed by atoms with E-state index in [1.807, 2.05) is 30.3 Å². The third-order valence-corrected chi connectivity index (χ3v) is 1.89. The predicted molar refractivity (Wildman–Crippen MR) is 58.6 cm³/mol. The smallest absolute Gasteiger partial charge is 0.201 e. The van der Waals surface area contributed by atoms with Crippen molar-refractivity contribution < 1.29 is 9.78 Å². The Kier molecular flexibility index (Phi) is 2.74. The van der Waals surface area contributed by atoms with E-state index in [4.69, 9.17) is 15.5 Å². The first-order chi connectivity index (χ1) is 7.36. The molecule has 2 aromatic rings. The van der Waals surface area contributed by atoms with Crippen molar-refractivity contribution in [1.29, 1.82) is 0 Å². The Balaban J connectivity index is 2.03. The van der Waals surface area contributed by atoms with Gasteiger partial charge in [-0.2, -0.15) is 0 Å². The lowest BCUT2D eigenvalue weighted by atomic mass is 10.3. The van der Waals surface area contributed by atoms with Crippen LogP contribution in [-0.2, 0) is 0 Å². The summed E-state index contributed by atoms with van der Waals surface area (Å²) in [4.78, 5) is 10.2. The number of hydrogen-bond acceptors (Lipinski definition) is 3. The minimum atomic E-state index is 0.515. The molecular weight excluding hydrogens is 190 g/mol. The molecule has 0 heterocycles. The summed E-state index contributed by atoms with van der Waals surface area (Å²) in [7, 11) is 0. The van der Waals surface area contributed by atoms with E-state index in [0.29, 0.717) is 17.2 Å². The van der Waals surface area contributed by atoms with Gasteiger partial charge in [-0.3, -0.25) is 9.78 Å². The van der Waals surface area contributed by atoms with E-state index in [1.165, 1.54) is 0 Å². The van der Waals surface area contributed by atoms with Crippen LogP contribution >= 0.6 is 0 Å². The van der Waals surface area contributed by atoms with E-state index in [1.54, 1.807) is 24.3 Å². The molecule has 2 rings (SSSR count). The molecule has 76 valence electrons. The first-order valence-corrected chi connectivity index (χ1v) is 4.60. The first kappa shape index (κ1) is 9.40. The average Bonchev–Trinajstić information content (AvgIpc) is 2.29. The van der Waals surface area contributed by atoms with Crippen molar-refractivity contribution in [3.05, 3.63) is 54.6 Å². The molecule has 0 saturated carbocycles. The van der Waals surface area contributed by atoms with Crippen LogP contribution in [0.15, 0.2) is 54.6 Å². The minimum Gasteiger partial charge on any atom is -0.396 e. The van der Waals surface area contributed by atoms with Crippen LogP contribution in [0.4, 0.5) is 5.69 Å². The van der Waals surface area contributed by atoms with Crippen LogP contribution in [-0.4, -0.2) is 0 Å². The number of hydrogen-bond donors (Lipinski definition) is 1. The molecule has 3 heteroatoms. The second-order valence-corrected chi connectivity index (χ2v) is 3.02. The lowest BCUT2D eigenvalue weighted by molar-refractivity contribution is -0.0991. The zero-order valence-corrected chi connectivity index (χ0v) is 8.09. The molecule has 0 saturated heterocycles. The molecule has 0 aromatic heterocycles. The van der Waals surface area contributed by atoms with Crippen molar-refractivity contribution in [2.24, 2.45) is 0 Å². The van der Waals surface area contributed by atoms with Crippen LogP contribution in [0.3, 0.4) is 0 Å². The van der Waals surface area contributed by atoms with E-state index in [0.717, 1.165) is 0 Å². The minimum absolute atomic E-state index is 0.515. The van der Waals surface area contributed by atoms with E-state index < -0.39 is 0 Å². The number of para-hydroxylation sites is 3. The molecule has 0 unspecified atom stereocenters.